The number of anilines is 1. The van der Waals surface area contributed by atoms with E-state index in [0.29, 0.717) is 17.4 Å². The second kappa shape index (κ2) is 5.10. The maximum Gasteiger partial charge on any atom is 0.138 e. The van der Waals surface area contributed by atoms with E-state index in [0.717, 1.165) is 22.3 Å². The van der Waals surface area contributed by atoms with Gasteiger partial charge in [0, 0.05) is 12.4 Å². The highest BCUT2D eigenvalue weighted by atomic mass is 35.5. The molecule has 1 aromatic heterocycles. The molecule has 0 atom stereocenters. The van der Waals surface area contributed by atoms with E-state index in [1.807, 2.05) is 49.5 Å². The lowest BCUT2D eigenvalue weighted by Gasteiger charge is -2.09. The van der Waals surface area contributed by atoms with Crippen molar-refractivity contribution in [1.29, 1.82) is 0 Å². The second-order valence-corrected chi connectivity index (χ2v) is 5.11. The predicted molar refractivity (Wildman–Crippen MR) is 83.1 cm³/mol. The number of nitrogen functional groups attached to an aromatic ring is 1. The zero-order chi connectivity index (χ0) is 14.1. The van der Waals surface area contributed by atoms with Gasteiger partial charge in [0.2, 0.25) is 0 Å². The monoisotopic (exact) mass is 286 g/mol. The van der Waals surface area contributed by atoms with E-state index < -0.39 is 0 Å². The van der Waals surface area contributed by atoms with Crippen LogP contribution in [0.15, 0.2) is 48.5 Å². The fraction of sp³-hybridized carbons (Fsp3) is 0.125. The Morgan fingerprint density at radius 1 is 1.15 bits per heavy atom. The van der Waals surface area contributed by atoms with Crippen molar-refractivity contribution >= 4 is 28.2 Å². The predicted octanol–water partition coefficient (Wildman–Crippen LogP) is 3.99. The Kier molecular flexibility index (Phi) is 3.28. The highest BCUT2D eigenvalue weighted by Gasteiger charge is 2.09. The number of para-hydroxylation sites is 2. The van der Waals surface area contributed by atoms with Crippen LogP contribution >= 0.6 is 11.6 Å². The number of nitrogens with zero attached hydrogens (tertiary/aromatic N) is 1. The maximum atomic E-state index is 6.08. The van der Waals surface area contributed by atoms with Gasteiger partial charge in [-0.1, -0.05) is 35.9 Å². The van der Waals surface area contributed by atoms with Crippen LogP contribution in [0.5, 0.6) is 5.75 Å². The molecular weight excluding hydrogens is 272 g/mol. The Balaban J connectivity index is 1.90. The van der Waals surface area contributed by atoms with E-state index in [2.05, 4.69) is 10.6 Å². The van der Waals surface area contributed by atoms with Crippen molar-refractivity contribution in [2.45, 2.75) is 6.61 Å². The molecule has 2 aromatic carbocycles. The average molecular weight is 287 g/mol. The van der Waals surface area contributed by atoms with Crippen molar-refractivity contribution in [2.24, 2.45) is 7.05 Å². The highest BCUT2D eigenvalue weighted by Crippen LogP contribution is 2.27. The summed E-state index contributed by atoms with van der Waals surface area (Å²) in [5.41, 5.74) is 8.88. The van der Waals surface area contributed by atoms with Crippen LogP contribution in [0, 0.1) is 0 Å². The lowest BCUT2D eigenvalue weighted by Crippen LogP contribution is -2.03. The van der Waals surface area contributed by atoms with Crippen LogP contribution in [0.3, 0.4) is 0 Å². The molecule has 0 unspecified atom stereocenters. The molecule has 0 fully saturated rings. The summed E-state index contributed by atoms with van der Waals surface area (Å²) >= 11 is 6.08. The van der Waals surface area contributed by atoms with E-state index in [-0.39, 0.29) is 0 Å². The van der Waals surface area contributed by atoms with E-state index in [9.17, 15) is 0 Å². The van der Waals surface area contributed by atoms with Gasteiger partial charge >= 0.3 is 0 Å². The first-order valence-electron chi connectivity index (χ1n) is 6.37. The first kappa shape index (κ1) is 12.9. The summed E-state index contributed by atoms with van der Waals surface area (Å²) in [5, 5.41) is 1.73. The molecule has 3 rings (SSSR count). The van der Waals surface area contributed by atoms with E-state index in [1.165, 1.54) is 0 Å². The van der Waals surface area contributed by atoms with Crippen LogP contribution < -0.4 is 10.5 Å². The fourth-order valence-electron chi connectivity index (χ4n) is 2.36. The summed E-state index contributed by atoms with van der Waals surface area (Å²) in [4.78, 5) is 0. The molecular formula is C16H15ClN2O. The normalized spacial score (nSPS) is 10.9. The molecule has 0 amide bonds. The Morgan fingerprint density at radius 2 is 1.95 bits per heavy atom. The van der Waals surface area contributed by atoms with Crippen LogP contribution in [0.1, 0.15) is 5.69 Å². The number of hydrogen-bond donors (Lipinski definition) is 1. The molecule has 3 nitrogen and oxygen atoms in total. The van der Waals surface area contributed by atoms with E-state index in [1.54, 1.807) is 0 Å². The van der Waals surface area contributed by atoms with Gasteiger partial charge in [0.05, 0.1) is 21.9 Å². The van der Waals surface area contributed by atoms with Crippen LogP contribution in [-0.4, -0.2) is 4.57 Å². The zero-order valence-corrected chi connectivity index (χ0v) is 11.9. The van der Waals surface area contributed by atoms with E-state index >= 15 is 0 Å². The molecule has 0 saturated carbocycles. The van der Waals surface area contributed by atoms with Crippen LogP contribution in [0.4, 0.5) is 5.69 Å². The number of ether oxygens (including phenoxy) is 1. The number of rotatable bonds is 3. The van der Waals surface area contributed by atoms with Gasteiger partial charge in [0.25, 0.3) is 0 Å². The first-order chi connectivity index (χ1) is 9.66. The van der Waals surface area contributed by atoms with Crippen molar-refractivity contribution in [3.05, 3.63) is 59.2 Å². The number of benzene rings is 2. The average Bonchev–Trinajstić information content (AvgIpc) is 2.76. The Bertz CT molecular complexity index is 764. The third kappa shape index (κ3) is 2.21. The molecule has 0 radical (unpaired) electrons. The van der Waals surface area contributed by atoms with Crippen LogP contribution in [-0.2, 0) is 13.7 Å². The minimum absolute atomic E-state index is 0.453. The Labute approximate surface area is 122 Å². The molecule has 0 aliphatic carbocycles. The van der Waals surface area contributed by atoms with Crippen molar-refractivity contribution in [3.8, 4) is 5.75 Å². The van der Waals surface area contributed by atoms with Gasteiger partial charge in [-0.05, 0) is 24.3 Å². The molecule has 0 saturated heterocycles. The van der Waals surface area contributed by atoms with Gasteiger partial charge in [-0.15, -0.1) is 0 Å². The number of hydrogen-bond acceptors (Lipinski definition) is 2. The summed E-state index contributed by atoms with van der Waals surface area (Å²) in [6.07, 6.45) is 0. The molecule has 102 valence electrons. The summed E-state index contributed by atoms with van der Waals surface area (Å²) in [7, 11) is 1.99. The molecule has 0 bridgehead atoms. The molecule has 3 aromatic rings. The molecule has 0 spiro atoms. The second-order valence-electron chi connectivity index (χ2n) is 4.70. The third-order valence-electron chi connectivity index (χ3n) is 3.40. The minimum atomic E-state index is 0.453. The molecule has 4 heteroatoms. The van der Waals surface area contributed by atoms with Crippen molar-refractivity contribution in [1.82, 2.24) is 4.57 Å². The largest absolute Gasteiger partial charge is 0.486 e. The minimum Gasteiger partial charge on any atom is -0.486 e. The van der Waals surface area contributed by atoms with Gasteiger partial charge in [-0.25, -0.2) is 0 Å². The highest BCUT2D eigenvalue weighted by molar-refractivity contribution is 6.32. The summed E-state index contributed by atoms with van der Waals surface area (Å²) < 4.78 is 7.84. The zero-order valence-electron chi connectivity index (χ0n) is 11.1. The van der Waals surface area contributed by atoms with Crippen molar-refractivity contribution in [2.75, 3.05) is 5.73 Å². The van der Waals surface area contributed by atoms with Crippen molar-refractivity contribution < 1.29 is 4.74 Å². The van der Waals surface area contributed by atoms with Crippen LogP contribution in [0.2, 0.25) is 5.02 Å². The van der Waals surface area contributed by atoms with Crippen molar-refractivity contribution in [3.63, 3.8) is 0 Å². The summed E-state index contributed by atoms with van der Waals surface area (Å²) in [6.45, 7) is 0.453. The third-order valence-corrected chi connectivity index (χ3v) is 3.71. The van der Waals surface area contributed by atoms with Gasteiger partial charge in [0.15, 0.2) is 0 Å². The van der Waals surface area contributed by atoms with Gasteiger partial charge in [-0.3, -0.25) is 0 Å². The summed E-state index contributed by atoms with van der Waals surface area (Å²) in [5.74, 6) is 0.687. The lowest BCUT2D eigenvalue weighted by molar-refractivity contribution is 0.298. The number of halogens is 1. The summed E-state index contributed by atoms with van der Waals surface area (Å²) in [6, 6.07) is 15.5. The molecule has 1 heterocycles. The van der Waals surface area contributed by atoms with Gasteiger partial charge in [-0.2, -0.15) is 0 Å². The molecule has 20 heavy (non-hydrogen) atoms. The molecule has 2 N–H and O–H groups in total. The smallest absolute Gasteiger partial charge is 0.138 e. The standard InChI is InChI=1S/C16H15ClN2O/c1-19-12(9-11-5-4-7-14(18)16(11)19)10-20-15-8-3-2-6-13(15)17/h2-9H,10,18H2,1H3. The maximum absolute atomic E-state index is 6.08. The topological polar surface area (TPSA) is 40.2 Å². The van der Waals surface area contributed by atoms with E-state index in [4.69, 9.17) is 22.1 Å². The Hall–Kier alpha value is -2.13. The fourth-order valence-corrected chi connectivity index (χ4v) is 2.55. The van der Waals surface area contributed by atoms with Gasteiger partial charge in [0.1, 0.15) is 12.4 Å². The lowest BCUT2D eigenvalue weighted by atomic mass is 10.2. The number of aryl methyl sites for hydroxylation is 1. The SMILES string of the molecule is Cn1c(COc2ccccc2Cl)cc2cccc(N)c21. The number of fused-ring (bicyclic) bond motifs is 1. The number of aromatic nitrogens is 1. The molecule has 0 aliphatic rings. The van der Waals surface area contributed by atoms with Crippen LogP contribution in [0.25, 0.3) is 10.9 Å². The number of nitrogens with two attached hydrogens (primary N) is 1. The quantitative estimate of drug-likeness (QED) is 0.740. The molecule has 0 aliphatic heterocycles. The first-order valence-corrected chi connectivity index (χ1v) is 6.75. The van der Waals surface area contributed by atoms with Gasteiger partial charge < -0.3 is 15.0 Å². The Morgan fingerprint density at radius 3 is 2.70 bits per heavy atom.